The Morgan fingerprint density at radius 2 is 1.70 bits per heavy atom. The first-order valence-corrected chi connectivity index (χ1v) is 10.8. The second kappa shape index (κ2) is 7.76. The van der Waals surface area contributed by atoms with Crippen LogP contribution in [0.3, 0.4) is 0 Å². The molecule has 1 aliphatic rings. The van der Waals surface area contributed by atoms with Crippen LogP contribution in [0.15, 0.2) is 66.2 Å². The van der Waals surface area contributed by atoms with E-state index in [0.29, 0.717) is 11.3 Å². The number of benzene rings is 2. The Labute approximate surface area is 177 Å². The van der Waals surface area contributed by atoms with Crippen molar-refractivity contribution in [3.63, 3.8) is 0 Å². The molecule has 30 heavy (non-hydrogen) atoms. The largest absolute Gasteiger partial charge is 0.337 e. The molecule has 150 valence electrons. The van der Waals surface area contributed by atoms with Gasteiger partial charge in [-0.25, -0.2) is 4.98 Å². The maximum atomic E-state index is 12.8. The Morgan fingerprint density at radius 1 is 0.967 bits per heavy atom. The molecule has 0 atom stereocenters. The summed E-state index contributed by atoms with van der Waals surface area (Å²) < 4.78 is 1.88. The lowest BCUT2D eigenvalue weighted by Gasteiger charge is -2.13. The van der Waals surface area contributed by atoms with Crippen LogP contribution in [0.25, 0.3) is 16.2 Å². The van der Waals surface area contributed by atoms with Gasteiger partial charge in [-0.3, -0.25) is 14.0 Å². The molecule has 0 radical (unpaired) electrons. The molecule has 2 aromatic carbocycles. The number of imidazole rings is 1. The molecule has 4 aromatic rings. The van der Waals surface area contributed by atoms with Crippen molar-refractivity contribution in [1.82, 2.24) is 14.3 Å². The number of carbonyl (C=O) groups excluding carboxylic acids is 2. The summed E-state index contributed by atoms with van der Waals surface area (Å²) in [5, 5.41) is 4.78. The Kier molecular flexibility index (Phi) is 4.80. The molecular weight excluding hydrogens is 396 g/mol. The minimum atomic E-state index is -0.143. The number of fused-ring (bicyclic) bond motifs is 1. The van der Waals surface area contributed by atoms with Crippen molar-refractivity contribution < 1.29 is 9.59 Å². The average Bonchev–Trinajstić information content (AvgIpc) is 3.52. The maximum absolute atomic E-state index is 12.8. The summed E-state index contributed by atoms with van der Waals surface area (Å²) in [7, 11) is 0. The minimum absolute atomic E-state index is 0.0710. The fourth-order valence-corrected chi connectivity index (χ4v) is 4.52. The van der Waals surface area contributed by atoms with Gasteiger partial charge in [0.25, 0.3) is 11.8 Å². The number of carbonyl (C=O) groups is 2. The number of hydrogen-bond acceptors (Lipinski definition) is 4. The second-order valence-electron chi connectivity index (χ2n) is 7.30. The van der Waals surface area contributed by atoms with Gasteiger partial charge in [0.1, 0.15) is 5.69 Å². The van der Waals surface area contributed by atoms with E-state index in [2.05, 4.69) is 10.3 Å². The lowest BCUT2D eigenvalue weighted by Crippen LogP contribution is -2.28. The normalized spacial score (nSPS) is 13.7. The van der Waals surface area contributed by atoms with E-state index < -0.39 is 0 Å². The third-order valence-electron chi connectivity index (χ3n) is 5.30. The summed E-state index contributed by atoms with van der Waals surface area (Å²) >= 11 is 1.47. The Hall–Kier alpha value is -3.45. The number of thiazole rings is 1. The summed E-state index contributed by atoms with van der Waals surface area (Å²) in [6.45, 7) is 1.65. The van der Waals surface area contributed by atoms with Crippen molar-refractivity contribution in [3.05, 3.63) is 77.4 Å². The monoisotopic (exact) mass is 416 g/mol. The molecular formula is C23H20N4O2S. The van der Waals surface area contributed by atoms with Crippen molar-refractivity contribution in [2.45, 2.75) is 12.8 Å². The quantitative estimate of drug-likeness (QED) is 0.531. The summed E-state index contributed by atoms with van der Waals surface area (Å²) in [4.78, 5) is 32.5. The van der Waals surface area contributed by atoms with Gasteiger partial charge in [0, 0.05) is 41.5 Å². The van der Waals surface area contributed by atoms with Gasteiger partial charge in [-0.1, -0.05) is 30.3 Å². The zero-order valence-corrected chi connectivity index (χ0v) is 17.1. The first-order chi connectivity index (χ1) is 14.7. The standard InChI is InChI=1S/C23H20N4O2S/c28-21(17-6-2-1-3-7-17)24-18-10-8-16(9-11-18)19-14-27-20(15-30-23(27)25-19)22(29)26-12-4-5-13-26/h1-3,6-11,14-15H,4-5,12-13H2,(H,24,28). The van der Waals surface area contributed by atoms with Crippen LogP contribution in [0.1, 0.15) is 33.7 Å². The van der Waals surface area contributed by atoms with Crippen LogP contribution >= 0.6 is 11.3 Å². The highest BCUT2D eigenvalue weighted by Crippen LogP contribution is 2.26. The summed E-state index contributed by atoms with van der Waals surface area (Å²) in [5.74, 6) is -0.0717. The molecule has 2 aromatic heterocycles. The number of nitrogens with one attached hydrogen (secondary N) is 1. The topological polar surface area (TPSA) is 66.7 Å². The molecule has 1 aliphatic heterocycles. The highest BCUT2D eigenvalue weighted by Gasteiger charge is 2.23. The number of rotatable bonds is 4. The van der Waals surface area contributed by atoms with E-state index in [9.17, 15) is 9.59 Å². The lowest BCUT2D eigenvalue weighted by atomic mass is 10.1. The highest BCUT2D eigenvalue weighted by atomic mass is 32.1. The van der Waals surface area contributed by atoms with Crippen molar-refractivity contribution >= 4 is 33.8 Å². The van der Waals surface area contributed by atoms with Crippen LogP contribution in [0.2, 0.25) is 0 Å². The molecule has 0 saturated carbocycles. The zero-order chi connectivity index (χ0) is 20.5. The van der Waals surface area contributed by atoms with Crippen LogP contribution in [0, 0.1) is 0 Å². The molecule has 0 aliphatic carbocycles. The molecule has 2 amide bonds. The van der Waals surface area contributed by atoms with Crippen LogP contribution in [0.4, 0.5) is 5.69 Å². The molecule has 1 saturated heterocycles. The van der Waals surface area contributed by atoms with Gasteiger partial charge >= 0.3 is 0 Å². The number of nitrogens with zero attached hydrogens (tertiary/aromatic N) is 3. The predicted molar refractivity (Wildman–Crippen MR) is 118 cm³/mol. The molecule has 0 unspecified atom stereocenters. The third kappa shape index (κ3) is 3.48. The molecule has 7 heteroatoms. The van der Waals surface area contributed by atoms with Crippen LogP contribution < -0.4 is 5.32 Å². The summed E-state index contributed by atoms with van der Waals surface area (Å²) in [5.41, 5.74) is 3.74. The molecule has 0 spiro atoms. The summed E-state index contributed by atoms with van der Waals surface area (Å²) in [6.07, 6.45) is 4.05. The van der Waals surface area contributed by atoms with Gasteiger partial charge in [0.05, 0.1) is 5.69 Å². The molecule has 5 rings (SSSR count). The van der Waals surface area contributed by atoms with Crippen LogP contribution in [-0.2, 0) is 0 Å². The predicted octanol–water partition coefficient (Wildman–Crippen LogP) is 4.55. The fourth-order valence-electron chi connectivity index (χ4n) is 3.68. The van der Waals surface area contributed by atoms with Gasteiger partial charge in [-0.2, -0.15) is 0 Å². The van der Waals surface area contributed by atoms with Gasteiger partial charge in [-0.15, -0.1) is 11.3 Å². The summed E-state index contributed by atoms with van der Waals surface area (Å²) in [6, 6.07) is 16.7. The van der Waals surface area contributed by atoms with E-state index in [0.717, 1.165) is 47.8 Å². The number of likely N-dealkylation sites (tertiary alicyclic amines) is 1. The Bertz CT molecular complexity index is 1210. The first kappa shape index (κ1) is 18.6. The SMILES string of the molecule is O=C(Nc1ccc(-c2cn3c(C(=O)N4CCCC4)csc3n2)cc1)c1ccccc1. The van der Waals surface area contributed by atoms with E-state index in [1.165, 1.54) is 11.3 Å². The van der Waals surface area contributed by atoms with Crippen LogP contribution in [-0.4, -0.2) is 39.2 Å². The van der Waals surface area contributed by atoms with E-state index in [1.807, 2.05) is 63.3 Å². The minimum Gasteiger partial charge on any atom is -0.337 e. The van der Waals surface area contributed by atoms with Gasteiger partial charge < -0.3 is 10.2 Å². The van der Waals surface area contributed by atoms with E-state index in [1.54, 1.807) is 12.1 Å². The number of anilines is 1. The number of aromatic nitrogens is 2. The lowest BCUT2D eigenvalue weighted by molar-refractivity contribution is 0.0786. The first-order valence-electron chi connectivity index (χ1n) is 9.92. The molecule has 3 heterocycles. The van der Waals surface area contributed by atoms with E-state index in [-0.39, 0.29) is 11.8 Å². The Balaban J connectivity index is 1.35. The van der Waals surface area contributed by atoms with Crippen molar-refractivity contribution in [2.24, 2.45) is 0 Å². The smallest absolute Gasteiger partial charge is 0.271 e. The second-order valence-corrected chi connectivity index (χ2v) is 8.13. The number of hydrogen-bond donors (Lipinski definition) is 1. The van der Waals surface area contributed by atoms with Crippen molar-refractivity contribution in [3.8, 4) is 11.3 Å². The zero-order valence-electron chi connectivity index (χ0n) is 16.2. The molecule has 1 fully saturated rings. The van der Waals surface area contributed by atoms with Crippen LogP contribution in [0.5, 0.6) is 0 Å². The fraction of sp³-hybridized carbons (Fsp3) is 0.174. The van der Waals surface area contributed by atoms with Gasteiger partial charge in [-0.05, 0) is 37.1 Å². The average molecular weight is 417 g/mol. The highest BCUT2D eigenvalue weighted by molar-refractivity contribution is 7.15. The van der Waals surface area contributed by atoms with E-state index >= 15 is 0 Å². The molecule has 1 N–H and O–H groups in total. The maximum Gasteiger partial charge on any atom is 0.271 e. The Morgan fingerprint density at radius 3 is 2.43 bits per heavy atom. The number of amides is 2. The van der Waals surface area contributed by atoms with Crippen molar-refractivity contribution in [2.75, 3.05) is 18.4 Å². The third-order valence-corrected chi connectivity index (χ3v) is 6.14. The van der Waals surface area contributed by atoms with Gasteiger partial charge in [0.15, 0.2) is 4.96 Å². The van der Waals surface area contributed by atoms with E-state index in [4.69, 9.17) is 0 Å². The molecule has 6 nitrogen and oxygen atoms in total. The van der Waals surface area contributed by atoms with Gasteiger partial charge in [0.2, 0.25) is 0 Å². The molecule has 0 bridgehead atoms. The van der Waals surface area contributed by atoms with Crippen molar-refractivity contribution in [1.29, 1.82) is 0 Å².